The van der Waals surface area contributed by atoms with Gasteiger partial charge in [-0.15, -0.1) is 0 Å². The minimum absolute atomic E-state index is 0.139. The van der Waals surface area contributed by atoms with Gasteiger partial charge in [-0.2, -0.15) is 0 Å². The number of carbonyl (C=O) groups is 1. The summed E-state index contributed by atoms with van der Waals surface area (Å²) in [5.74, 6) is -0.243. The molecule has 4 nitrogen and oxygen atoms in total. The summed E-state index contributed by atoms with van der Waals surface area (Å²) in [6.45, 7) is 2.36. The maximum atomic E-state index is 12.5. The van der Waals surface area contributed by atoms with Crippen molar-refractivity contribution < 1.29 is 4.79 Å². The lowest BCUT2D eigenvalue weighted by Crippen LogP contribution is -2.22. The lowest BCUT2D eigenvalue weighted by molar-refractivity contribution is 0.102. The second kappa shape index (κ2) is 7.49. The maximum absolute atomic E-state index is 12.5. The summed E-state index contributed by atoms with van der Waals surface area (Å²) in [4.78, 5) is 24.6. The highest BCUT2D eigenvalue weighted by Crippen LogP contribution is 2.20. The van der Waals surface area contributed by atoms with Gasteiger partial charge in [0.2, 0.25) is 0 Å². The van der Waals surface area contributed by atoms with E-state index in [0.717, 1.165) is 21.3 Å². The van der Waals surface area contributed by atoms with Crippen LogP contribution in [0.4, 0.5) is 5.69 Å². The number of anilines is 1. The molecule has 2 aromatic carbocycles. The maximum Gasteiger partial charge on any atom is 0.257 e. The van der Waals surface area contributed by atoms with Crippen molar-refractivity contribution in [3.63, 3.8) is 0 Å². The molecule has 0 spiro atoms. The van der Waals surface area contributed by atoms with Crippen LogP contribution >= 0.6 is 15.9 Å². The number of nitrogens with one attached hydrogen (secondary N) is 1. The Kier molecular flexibility index (Phi) is 5.14. The van der Waals surface area contributed by atoms with E-state index in [1.807, 2.05) is 55.5 Å². The molecule has 1 amide bonds. The predicted molar refractivity (Wildman–Crippen MR) is 103 cm³/mol. The number of halogens is 1. The third-order valence-corrected chi connectivity index (χ3v) is 4.37. The zero-order chi connectivity index (χ0) is 17.8. The van der Waals surface area contributed by atoms with Crippen molar-refractivity contribution in [3.8, 4) is 0 Å². The molecule has 0 unspecified atom stereocenters. The van der Waals surface area contributed by atoms with Gasteiger partial charge in [0.15, 0.2) is 0 Å². The quantitative estimate of drug-likeness (QED) is 0.717. The number of hydrogen-bond donors (Lipinski definition) is 1. The second-order valence-electron chi connectivity index (χ2n) is 5.78. The van der Waals surface area contributed by atoms with Crippen LogP contribution in [0.15, 0.2) is 76.1 Å². The Morgan fingerprint density at radius 1 is 1.08 bits per heavy atom. The molecule has 0 fully saturated rings. The van der Waals surface area contributed by atoms with Crippen molar-refractivity contribution in [1.82, 2.24) is 4.57 Å². The Bertz CT molecular complexity index is 965. The van der Waals surface area contributed by atoms with Gasteiger partial charge in [0.25, 0.3) is 11.5 Å². The molecule has 1 N–H and O–H groups in total. The number of carbonyl (C=O) groups excluding carboxylic acids is 1. The lowest BCUT2D eigenvalue weighted by Gasteiger charge is -2.11. The molecule has 3 rings (SSSR count). The van der Waals surface area contributed by atoms with Crippen LogP contribution < -0.4 is 10.9 Å². The van der Waals surface area contributed by atoms with Crippen LogP contribution in [0, 0.1) is 6.92 Å². The Balaban J connectivity index is 1.83. The molecule has 25 heavy (non-hydrogen) atoms. The van der Waals surface area contributed by atoms with E-state index >= 15 is 0 Å². The zero-order valence-corrected chi connectivity index (χ0v) is 15.3. The van der Waals surface area contributed by atoms with Crippen LogP contribution in [-0.4, -0.2) is 10.5 Å². The smallest absolute Gasteiger partial charge is 0.257 e. The molecular weight excluding hydrogens is 380 g/mol. The van der Waals surface area contributed by atoms with Crippen LogP contribution in [-0.2, 0) is 6.54 Å². The van der Waals surface area contributed by atoms with Crippen molar-refractivity contribution in [1.29, 1.82) is 0 Å². The van der Waals surface area contributed by atoms with Crippen molar-refractivity contribution in [2.24, 2.45) is 0 Å². The van der Waals surface area contributed by atoms with Gasteiger partial charge in [-0.3, -0.25) is 9.59 Å². The molecule has 0 bridgehead atoms. The number of rotatable bonds is 4. The van der Waals surface area contributed by atoms with Gasteiger partial charge in [0, 0.05) is 22.4 Å². The van der Waals surface area contributed by atoms with Gasteiger partial charge in [0.1, 0.15) is 0 Å². The Labute approximate surface area is 154 Å². The number of aromatic nitrogens is 1. The first-order valence-electron chi connectivity index (χ1n) is 7.85. The molecule has 0 radical (unpaired) electrons. The lowest BCUT2D eigenvalue weighted by atomic mass is 10.2. The molecule has 0 atom stereocenters. The molecule has 1 heterocycles. The largest absolute Gasteiger partial charge is 0.322 e. The number of benzene rings is 2. The third kappa shape index (κ3) is 4.25. The summed E-state index contributed by atoms with van der Waals surface area (Å²) in [6, 6.07) is 18.3. The van der Waals surface area contributed by atoms with Gasteiger partial charge in [-0.05, 0) is 42.3 Å². The molecule has 3 aromatic rings. The molecule has 1 aromatic heterocycles. The van der Waals surface area contributed by atoms with E-state index < -0.39 is 0 Å². The van der Waals surface area contributed by atoms with Crippen LogP contribution in [0.5, 0.6) is 0 Å². The summed E-state index contributed by atoms with van der Waals surface area (Å²) in [5.41, 5.74) is 3.01. The van der Waals surface area contributed by atoms with Crippen molar-refractivity contribution >= 4 is 27.5 Å². The summed E-state index contributed by atoms with van der Waals surface area (Å²) in [6.07, 6.45) is 1.60. The number of hydrogen-bond acceptors (Lipinski definition) is 2. The van der Waals surface area contributed by atoms with E-state index in [2.05, 4.69) is 21.2 Å². The second-order valence-corrected chi connectivity index (χ2v) is 6.70. The third-order valence-electron chi connectivity index (χ3n) is 3.88. The summed E-state index contributed by atoms with van der Waals surface area (Å²) in [5, 5.41) is 2.89. The number of amides is 1. The SMILES string of the molecule is Cc1cc(Br)ccc1NC(=O)c1ccc(=O)n(Cc2ccccc2)c1. The van der Waals surface area contributed by atoms with E-state index in [4.69, 9.17) is 0 Å². The average Bonchev–Trinajstić information content (AvgIpc) is 2.60. The Morgan fingerprint density at radius 2 is 1.84 bits per heavy atom. The highest BCUT2D eigenvalue weighted by atomic mass is 79.9. The number of nitrogens with zero attached hydrogens (tertiary/aromatic N) is 1. The van der Waals surface area contributed by atoms with Crippen LogP contribution in [0.3, 0.4) is 0 Å². The monoisotopic (exact) mass is 396 g/mol. The van der Waals surface area contributed by atoms with E-state index in [1.54, 1.807) is 16.8 Å². The first kappa shape index (κ1) is 17.2. The summed E-state index contributed by atoms with van der Waals surface area (Å²) >= 11 is 3.41. The van der Waals surface area contributed by atoms with Crippen molar-refractivity contribution in [2.45, 2.75) is 13.5 Å². The molecule has 126 valence electrons. The molecule has 0 saturated heterocycles. The summed E-state index contributed by atoms with van der Waals surface area (Å²) < 4.78 is 2.50. The summed E-state index contributed by atoms with van der Waals surface area (Å²) in [7, 11) is 0. The molecule has 0 aliphatic rings. The van der Waals surface area contributed by atoms with Gasteiger partial charge in [-0.25, -0.2) is 0 Å². The normalized spacial score (nSPS) is 10.5. The van der Waals surface area contributed by atoms with Crippen molar-refractivity contribution in [2.75, 3.05) is 5.32 Å². The first-order chi connectivity index (χ1) is 12.0. The molecule has 5 heteroatoms. The minimum atomic E-state index is -0.243. The Hall–Kier alpha value is -2.66. The molecule has 0 aliphatic carbocycles. The first-order valence-corrected chi connectivity index (χ1v) is 8.64. The van der Waals surface area contributed by atoms with E-state index in [1.165, 1.54) is 6.07 Å². The zero-order valence-electron chi connectivity index (χ0n) is 13.7. The van der Waals surface area contributed by atoms with E-state index in [9.17, 15) is 9.59 Å². The molecular formula is C20H17BrN2O2. The number of aryl methyl sites for hydroxylation is 1. The fourth-order valence-corrected chi connectivity index (χ4v) is 3.01. The fourth-order valence-electron chi connectivity index (χ4n) is 2.53. The van der Waals surface area contributed by atoms with Gasteiger partial charge in [-0.1, -0.05) is 46.3 Å². The van der Waals surface area contributed by atoms with Crippen molar-refractivity contribution in [3.05, 3.63) is 98.4 Å². The highest BCUT2D eigenvalue weighted by molar-refractivity contribution is 9.10. The van der Waals surface area contributed by atoms with Gasteiger partial charge >= 0.3 is 0 Å². The minimum Gasteiger partial charge on any atom is -0.322 e. The predicted octanol–water partition coefficient (Wildman–Crippen LogP) is 4.22. The van der Waals surface area contributed by atoms with Gasteiger partial charge in [0.05, 0.1) is 12.1 Å². The van der Waals surface area contributed by atoms with E-state index in [0.29, 0.717) is 12.1 Å². The average molecular weight is 397 g/mol. The standard InChI is InChI=1S/C20H17BrN2O2/c1-14-11-17(21)8-9-18(14)22-20(25)16-7-10-19(24)23(13-16)12-15-5-3-2-4-6-15/h2-11,13H,12H2,1H3,(H,22,25). The fraction of sp³-hybridized carbons (Fsp3) is 0.100. The number of pyridine rings is 1. The van der Waals surface area contributed by atoms with Crippen LogP contribution in [0.2, 0.25) is 0 Å². The van der Waals surface area contributed by atoms with Gasteiger partial charge < -0.3 is 9.88 Å². The van der Waals surface area contributed by atoms with E-state index in [-0.39, 0.29) is 11.5 Å². The highest BCUT2D eigenvalue weighted by Gasteiger charge is 2.10. The van der Waals surface area contributed by atoms with Crippen LogP contribution in [0.25, 0.3) is 0 Å². The molecule has 0 aliphatic heterocycles. The molecule has 0 saturated carbocycles. The topological polar surface area (TPSA) is 51.1 Å². The Morgan fingerprint density at radius 3 is 2.56 bits per heavy atom. The van der Waals surface area contributed by atoms with Crippen LogP contribution in [0.1, 0.15) is 21.5 Å².